The quantitative estimate of drug-likeness (QED) is 0.312. The number of benzene rings is 2. The van der Waals surface area contributed by atoms with E-state index >= 15 is 0 Å². The first-order valence-electron chi connectivity index (χ1n) is 15.5. The number of carbonyl (C=O) groups is 5. The number of aliphatic hydroxyl groups excluding tert-OH is 1. The highest BCUT2D eigenvalue weighted by Gasteiger charge is 2.31. The maximum Gasteiger partial charge on any atom is 0.255 e. The Hall–Kier alpha value is -4.45. The molecule has 0 saturated carbocycles. The molecule has 2 heterocycles. The van der Waals surface area contributed by atoms with Crippen molar-refractivity contribution < 1.29 is 33.8 Å². The molecule has 12 heteroatoms. The topological polar surface area (TPSA) is 166 Å². The first-order valence-corrected chi connectivity index (χ1v) is 15.5. The van der Waals surface area contributed by atoms with Crippen LogP contribution >= 0.6 is 0 Å². The molecule has 2 aliphatic heterocycles. The number of likely N-dealkylation sites (tertiary alicyclic amines) is 1. The lowest BCUT2D eigenvalue weighted by Crippen LogP contribution is -2.56. The Morgan fingerprint density at radius 3 is 2.47 bits per heavy atom. The van der Waals surface area contributed by atoms with Gasteiger partial charge in [0.25, 0.3) is 5.91 Å². The predicted octanol–water partition coefficient (Wildman–Crippen LogP) is 1.40. The minimum atomic E-state index is -1.22. The Bertz CT molecular complexity index is 1400. The molecular weight excluding hydrogens is 578 g/mol. The molecule has 0 bridgehead atoms. The summed E-state index contributed by atoms with van der Waals surface area (Å²) in [5, 5.41) is 21.3. The molecule has 0 radical (unpaired) electrons. The van der Waals surface area contributed by atoms with E-state index in [4.69, 9.17) is 4.74 Å². The molecule has 5 amide bonds. The van der Waals surface area contributed by atoms with Gasteiger partial charge in [-0.2, -0.15) is 0 Å². The number of nitrogens with one attached hydrogen (secondary N) is 4. The lowest BCUT2D eigenvalue weighted by molar-refractivity contribution is -0.132. The van der Waals surface area contributed by atoms with E-state index in [9.17, 15) is 29.1 Å². The normalized spacial score (nSPS) is 22.2. The van der Waals surface area contributed by atoms with Gasteiger partial charge in [0, 0.05) is 32.5 Å². The number of amides is 5. The number of fused-ring (bicyclic) bond motifs is 1. The molecule has 2 aliphatic rings. The van der Waals surface area contributed by atoms with Crippen LogP contribution in [-0.4, -0.2) is 76.9 Å². The highest BCUT2D eigenvalue weighted by molar-refractivity contribution is 6.00. The molecule has 4 rings (SSSR count). The van der Waals surface area contributed by atoms with Crippen molar-refractivity contribution in [1.29, 1.82) is 0 Å². The second-order valence-electron chi connectivity index (χ2n) is 12.0. The molecule has 1 saturated heterocycles. The number of hydrogen-bond acceptors (Lipinski definition) is 7. The fraction of sp³-hybridized carbons (Fsp3) is 0.485. The summed E-state index contributed by atoms with van der Waals surface area (Å²) in [6.07, 6.45) is -0.0335. The van der Waals surface area contributed by atoms with Gasteiger partial charge in [0.2, 0.25) is 23.6 Å². The number of rotatable bonds is 7. The van der Waals surface area contributed by atoms with E-state index in [1.165, 1.54) is 6.92 Å². The molecular formula is C33H43N5O7. The summed E-state index contributed by atoms with van der Waals surface area (Å²) in [5.74, 6) is -1.83. The Labute approximate surface area is 263 Å². The van der Waals surface area contributed by atoms with Gasteiger partial charge in [0.15, 0.2) is 0 Å². The highest BCUT2D eigenvalue weighted by atomic mass is 16.5. The van der Waals surface area contributed by atoms with Crippen LogP contribution in [0.15, 0.2) is 48.5 Å². The van der Waals surface area contributed by atoms with Gasteiger partial charge in [-0.05, 0) is 48.9 Å². The van der Waals surface area contributed by atoms with Crippen molar-refractivity contribution in [2.45, 2.75) is 83.8 Å². The molecule has 0 unspecified atom stereocenters. The molecule has 1 fully saturated rings. The van der Waals surface area contributed by atoms with Crippen LogP contribution < -0.4 is 26.0 Å². The van der Waals surface area contributed by atoms with Crippen molar-refractivity contribution in [2.75, 3.05) is 13.2 Å². The maximum absolute atomic E-state index is 13.5. The standard InChI is InChI=1S/C33H43N5O7/c1-20(2)26-19-45-27-11-5-4-10-24(27)31(42)35-25(13-14-28(40)37-30(21(3)39)33(44)36-26)32(43)34-17-22-8-6-9-23(16-22)18-38-15-7-12-29(38)41/h4-6,8-11,16,20-21,25-26,30,39H,7,12-15,17-19H2,1-3H3,(H,34,43)(H,35,42)(H,36,44)(H,37,40)/t21-,25+,26-,30+/m1/s1. The molecule has 45 heavy (non-hydrogen) atoms. The molecule has 242 valence electrons. The molecule has 4 atom stereocenters. The summed E-state index contributed by atoms with van der Waals surface area (Å²) in [6, 6.07) is 11.4. The molecule has 0 aliphatic carbocycles. The van der Waals surface area contributed by atoms with Gasteiger partial charge in [0.05, 0.1) is 17.7 Å². The van der Waals surface area contributed by atoms with Gasteiger partial charge in [-0.25, -0.2) is 0 Å². The van der Waals surface area contributed by atoms with E-state index in [2.05, 4.69) is 21.3 Å². The highest BCUT2D eigenvalue weighted by Crippen LogP contribution is 2.20. The Balaban J connectivity index is 1.52. The molecule has 2 aromatic rings. The van der Waals surface area contributed by atoms with E-state index in [1.54, 1.807) is 24.3 Å². The fourth-order valence-corrected chi connectivity index (χ4v) is 5.31. The van der Waals surface area contributed by atoms with Gasteiger partial charge < -0.3 is 36.0 Å². The summed E-state index contributed by atoms with van der Waals surface area (Å²) in [6.45, 7) is 6.62. The van der Waals surface area contributed by atoms with Crippen LogP contribution in [0.5, 0.6) is 5.75 Å². The number of nitrogens with zero attached hydrogens (tertiary/aromatic N) is 1. The summed E-state index contributed by atoms with van der Waals surface area (Å²) >= 11 is 0. The van der Waals surface area contributed by atoms with Crippen LogP contribution in [0.4, 0.5) is 0 Å². The van der Waals surface area contributed by atoms with Gasteiger partial charge >= 0.3 is 0 Å². The summed E-state index contributed by atoms with van der Waals surface area (Å²) in [7, 11) is 0. The van der Waals surface area contributed by atoms with E-state index in [1.807, 2.05) is 43.0 Å². The first kappa shape index (κ1) is 33.4. The van der Waals surface area contributed by atoms with Crippen molar-refractivity contribution in [3.63, 3.8) is 0 Å². The maximum atomic E-state index is 13.5. The third-order valence-corrected chi connectivity index (χ3v) is 8.05. The van der Waals surface area contributed by atoms with Crippen LogP contribution in [-0.2, 0) is 32.3 Å². The van der Waals surface area contributed by atoms with Crippen molar-refractivity contribution in [1.82, 2.24) is 26.2 Å². The van der Waals surface area contributed by atoms with Crippen molar-refractivity contribution in [3.05, 3.63) is 65.2 Å². The number of carbonyl (C=O) groups excluding carboxylic acids is 5. The Morgan fingerprint density at radius 2 is 1.76 bits per heavy atom. The SMILES string of the molecule is CC(C)[C@H]1COc2ccccc2C(=O)N[C@H](C(=O)NCc2cccc(CN3CCCC3=O)c2)CCC(=O)N[C@@H]([C@@H](C)O)C(=O)N1. The zero-order valence-electron chi connectivity index (χ0n) is 26.0. The van der Waals surface area contributed by atoms with E-state index in [0.717, 1.165) is 24.1 Å². The average molecular weight is 622 g/mol. The zero-order valence-corrected chi connectivity index (χ0v) is 26.0. The smallest absolute Gasteiger partial charge is 0.255 e. The summed E-state index contributed by atoms with van der Waals surface area (Å²) in [5.41, 5.74) is 1.97. The average Bonchev–Trinajstić information content (AvgIpc) is 3.41. The number of para-hydroxylation sites is 1. The Kier molecular flexibility index (Phi) is 11.5. The predicted molar refractivity (Wildman–Crippen MR) is 166 cm³/mol. The minimum Gasteiger partial charge on any atom is -0.491 e. The largest absolute Gasteiger partial charge is 0.491 e. The molecule has 2 aromatic carbocycles. The summed E-state index contributed by atoms with van der Waals surface area (Å²) < 4.78 is 5.99. The Morgan fingerprint density at radius 1 is 1.00 bits per heavy atom. The van der Waals surface area contributed by atoms with Crippen LogP contribution in [0.3, 0.4) is 0 Å². The zero-order chi connectivity index (χ0) is 32.5. The lowest BCUT2D eigenvalue weighted by Gasteiger charge is -2.27. The van der Waals surface area contributed by atoms with Crippen LogP contribution in [0, 0.1) is 5.92 Å². The molecule has 5 N–H and O–H groups in total. The first-order chi connectivity index (χ1) is 21.5. The second-order valence-corrected chi connectivity index (χ2v) is 12.0. The third-order valence-electron chi connectivity index (χ3n) is 8.05. The minimum absolute atomic E-state index is 0.0308. The van der Waals surface area contributed by atoms with Crippen LogP contribution in [0.25, 0.3) is 0 Å². The van der Waals surface area contributed by atoms with Crippen LogP contribution in [0.2, 0.25) is 0 Å². The second kappa shape index (κ2) is 15.5. The third kappa shape index (κ3) is 9.27. The number of aliphatic hydroxyl groups is 1. The van der Waals surface area contributed by atoms with E-state index < -0.39 is 47.9 Å². The van der Waals surface area contributed by atoms with Gasteiger partial charge in [-0.15, -0.1) is 0 Å². The van der Waals surface area contributed by atoms with E-state index in [0.29, 0.717) is 13.0 Å². The molecule has 12 nitrogen and oxygen atoms in total. The van der Waals surface area contributed by atoms with Crippen LogP contribution in [0.1, 0.15) is 67.9 Å². The van der Waals surface area contributed by atoms with Gasteiger partial charge in [-0.1, -0.05) is 50.2 Å². The van der Waals surface area contributed by atoms with Crippen molar-refractivity contribution >= 4 is 29.5 Å². The summed E-state index contributed by atoms with van der Waals surface area (Å²) in [4.78, 5) is 66.8. The van der Waals surface area contributed by atoms with E-state index in [-0.39, 0.29) is 49.1 Å². The van der Waals surface area contributed by atoms with Gasteiger partial charge in [0.1, 0.15) is 24.4 Å². The number of hydrogen-bond donors (Lipinski definition) is 5. The lowest BCUT2D eigenvalue weighted by atomic mass is 10.0. The van der Waals surface area contributed by atoms with Gasteiger partial charge in [-0.3, -0.25) is 24.0 Å². The molecule has 0 spiro atoms. The van der Waals surface area contributed by atoms with Crippen molar-refractivity contribution in [3.8, 4) is 5.75 Å². The number of ether oxygens (including phenoxy) is 1. The fourth-order valence-electron chi connectivity index (χ4n) is 5.31. The monoisotopic (exact) mass is 621 g/mol. The van der Waals surface area contributed by atoms with Crippen molar-refractivity contribution in [2.24, 2.45) is 5.92 Å². The molecule has 0 aromatic heterocycles.